The van der Waals surface area contributed by atoms with Gasteiger partial charge in [-0.15, -0.1) is 0 Å². The number of benzene rings is 4. The number of ether oxygens (including phenoxy) is 4. The van der Waals surface area contributed by atoms with Crippen molar-refractivity contribution >= 4 is 31.6 Å². The van der Waals surface area contributed by atoms with E-state index in [4.69, 9.17) is 18.9 Å². The predicted octanol–water partition coefficient (Wildman–Crippen LogP) is 8.88. The summed E-state index contributed by atoms with van der Waals surface area (Å²) >= 11 is 0. The highest BCUT2D eigenvalue weighted by molar-refractivity contribution is 7.95. The number of carbonyl (C=O) groups is 2. The molecule has 4 aliphatic rings. The first-order chi connectivity index (χ1) is 31.0. The second-order valence-corrected chi connectivity index (χ2v) is 21.2. The molecule has 0 saturated carbocycles. The maximum absolute atomic E-state index is 14.1. The molecular weight excluding hydrogens is 877 g/mol. The smallest absolute Gasteiger partial charge is 0.336 e. The molecule has 0 saturated heterocycles. The summed E-state index contributed by atoms with van der Waals surface area (Å²) in [4.78, 5) is 26.6. The maximum atomic E-state index is 14.1. The van der Waals surface area contributed by atoms with E-state index < -0.39 is 43.4 Å². The largest absolute Gasteiger partial charge is 0.486 e. The Labute approximate surface area is 388 Å². The van der Waals surface area contributed by atoms with Gasteiger partial charge in [0.2, 0.25) is 19.7 Å². The zero-order valence-electron chi connectivity index (χ0n) is 40.1. The first kappa shape index (κ1) is 47.8. The number of rotatable bonds is 4. The summed E-state index contributed by atoms with van der Waals surface area (Å²) in [6, 6.07) is 13.2. The Morgan fingerprint density at radius 1 is 0.485 bits per heavy atom. The van der Waals surface area contributed by atoms with Crippen LogP contribution in [0.1, 0.15) is 92.4 Å². The van der Waals surface area contributed by atoms with E-state index in [1.165, 1.54) is 14.2 Å². The lowest BCUT2D eigenvalue weighted by Crippen LogP contribution is -2.34. The second kappa shape index (κ2) is 17.6. The topological polar surface area (TPSA) is 163 Å². The van der Waals surface area contributed by atoms with E-state index >= 15 is 0 Å². The first-order valence-electron chi connectivity index (χ1n) is 21.7. The molecule has 0 bridgehead atoms. The van der Waals surface area contributed by atoms with Gasteiger partial charge in [-0.25, -0.2) is 26.4 Å². The quantitative estimate of drug-likeness (QED) is 0.187. The molecule has 0 radical (unpaired) electrons. The number of nitrogens with one attached hydrogen (secondary N) is 2. The van der Waals surface area contributed by atoms with Gasteiger partial charge >= 0.3 is 11.9 Å². The standard InChI is InChI=1S/2C26H29NO5S/c2*1-13-14(2)16(4)22(17(5)15(13)3)24-23(26(28)31-7)18(6)27-19-12-32-20-10-8-9-11-21(20)33(29,30)25(19)24/h2*8-11,24,27H,12H2,1-7H3. The zero-order valence-corrected chi connectivity index (χ0v) is 41.7. The van der Waals surface area contributed by atoms with E-state index in [0.29, 0.717) is 45.4 Å². The molecule has 4 aromatic rings. The number of hydrogen-bond acceptors (Lipinski definition) is 12. The lowest BCUT2D eigenvalue weighted by atomic mass is 9.78. The number of allylic oxidation sites excluding steroid dienone is 4. The number of hydrogen-bond donors (Lipinski definition) is 2. The summed E-state index contributed by atoms with van der Waals surface area (Å²) < 4.78 is 78.5. The van der Waals surface area contributed by atoms with Gasteiger partial charge in [0, 0.05) is 11.4 Å². The number of fused-ring (bicyclic) bond motifs is 2. The van der Waals surface area contributed by atoms with Crippen molar-refractivity contribution in [3.8, 4) is 11.5 Å². The number of sulfone groups is 2. The summed E-state index contributed by atoms with van der Waals surface area (Å²) in [5.74, 6) is -2.14. The van der Waals surface area contributed by atoms with Crippen molar-refractivity contribution in [3.63, 3.8) is 0 Å². The number of carbonyl (C=O) groups excluding carboxylic acids is 2. The van der Waals surface area contributed by atoms with Crippen molar-refractivity contribution in [1.29, 1.82) is 0 Å². The van der Waals surface area contributed by atoms with Crippen LogP contribution < -0.4 is 20.1 Å². The molecule has 4 aromatic carbocycles. The fourth-order valence-corrected chi connectivity index (χ4v) is 13.7. The van der Waals surface area contributed by atoms with E-state index in [1.807, 2.05) is 55.4 Å². The highest BCUT2D eigenvalue weighted by Crippen LogP contribution is 2.51. The van der Waals surface area contributed by atoms with E-state index in [2.05, 4.69) is 24.5 Å². The number of dihydropyridines is 2. The Morgan fingerprint density at radius 3 is 1.08 bits per heavy atom. The van der Waals surface area contributed by atoms with Crippen LogP contribution in [-0.2, 0) is 38.7 Å². The van der Waals surface area contributed by atoms with Crippen molar-refractivity contribution in [3.05, 3.63) is 159 Å². The zero-order chi connectivity index (χ0) is 48.5. The van der Waals surface area contributed by atoms with Crippen LogP contribution in [0.2, 0.25) is 0 Å². The number of para-hydroxylation sites is 2. The van der Waals surface area contributed by atoms with Crippen LogP contribution in [0.5, 0.6) is 11.5 Å². The van der Waals surface area contributed by atoms with E-state index in [1.54, 1.807) is 62.4 Å². The van der Waals surface area contributed by atoms with Crippen LogP contribution in [0.25, 0.3) is 0 Å². The van der Waals surface area contributed by atoms with Crippen molar-refractivity contribution in [2.75, 3.05) is 27.4 Å². The molecule has 66 heavy (non-hydrogen) atoms. The fraction of sp³-hybridized carbons (Fsp3) is 0.346. The SMILES string of the molecule is COC(=O)C1=C(C)NC2=C(C1c1c(C)c(C)c(C)c(C)c1C)S(=O)(=O)c1ccccc1OC2.COC(=O)C1=C(C)NC2=C(C1c1c(C)c(C)c(C)c(C)c1C)S(=O)(=O)c1ccccc1OC2. The highest BCUT2D eigenvalue weighted by Gasteiger charge is 2.47. The second-order valence-electron chi connectivity index (χ2n) is 17.4. The third-order valence-electron chi connectivity index (χ3n) is 14.3. The van der Waals surface area contributed by atoms with Crippen LogP contribution in [0.4, 0.5) is 0 Å². The molecule has 0 aliphatic carbocycles. The molecule has 0 amide bonds. The van der Waals surface area contributed by atoms with Gasteiger partial charge in [0.25, 0.3) is 0 Å². The Bertz CT molecular complexity index is 2880. The van der Waals surface area contributed by atoms with Gasteiger partial charge in [-0.1, -0.05) is 24.3 Å². The molecule has 2 atom stereocenters. The van der Waals surface area contributed by atoms with Crippen LogP contribution in [0, 0.1) is 69.2 Å². The normalized spacial score (nSPS) is 19.2. The van der Waals surface area contributed by atoms with Crippen LogP contribution >= 0.6 is 0 Å². The van der Waals surface area contributed by atoms with Gasteiger partial charge in [0.05, 0.1) is 58.4 Å². The Kier molecular flexibility index (Phi) is 12.8. The van der Waals surface area contributed by atoms with Crippen molar-refractivity contribution in [2.45, 2.75) is 105 Å². The molecule has 2 N–H and O–H groups in total. The Morgan fingerprint density at radius 2 is 0.773 bits per heavy atom. The van der Waals surface area contributed by atoms with Gasteiger partial charge in [-0.3, -0.25) is 0 Å². The van der Waals surface area contributed by atoms with E-state index in [-0.39, 0.29) is 32.8 Å². The summed E-state index contributed by atoms with van der Waals surface area (Å²) in [5.41, 5.74) is 14.8. The van der Waals surface area contributed by atoms with Gasteiger partial charge in [-0.2, -0.15) is 0 Å². The van der Waals surface area contributed by atoms with Crippen molar-refractivity contribution in [1.82, 2.24) is 10.6 Å². The van der Waals surface area contributed by atoms with Gasteiger partial charge in [0.1, 0.15) is 34.5 Å². The van der Waals surface area contributed by atoms with Crippen LogP contribution in [0.3, 0.4) is 0 Å². The number of methoxy groups -OCH3 is 2. The molecule has 348 valence electrons. The maximum Gasteiger partial charge on any atom is 0.336 e. The minimum Gasteiger partial charge on any atom is -0.486 e. The third-order valence-corrected chi connectivity index (χ3v) is 18.2. The highest BCUT2D eigenvalue weighted by atomic mass is 32.2. The van der Waals surface area contributed by atoms with Crippen LogP contribution in [0.15, 0.2) is 102 Å². The lowest BCUT2D eigenvalue weighted by molar-refractivity contribution is -0.137. The average Bonchev–Trinajstić information content (AvgIpc) is 3.48. The minimum atomic E-state index is -3.99. The third kappa shape index (κ3) is 7.51. The molecule has 14 heteroatoms. The van der Waals surface area contributed by atoms with Crippen LogP contribution in [-0.4, -0.2) is 56.2 Å². The predicted molar refractivity (Wildman–Crippen MR) is 254 cm³/mol. The molecule has 4 aliphatic heterocycles. The first-order valence-corrected chi connectivity index (χ1v) is 24.7. The summed E-state index contributed by atoms with van der Waals surface area (Å²) in [6.07, 6.45) is 0. The summed E-state index contributed by atoms with van der Waals surface area (Å²) in [6.45, 7) is 23.9. The fourth-order valence-electron chi connectivity index (χ4n) is 9.96. The summed E-state index contributed by atoms with van der Waals surface area (Å²) in [7, 11) is -5.36. The van der Waals surface area contributed by atoms with Crippen molar-refractivity contribution < 1.29 is 45.4 Å². The van der Waals surface area contributed by atoms with Gasteiger partial charge in [-0.05, 0) is 174 Å². The van der Waals surface area contributed by atoms with E-state index in [9.17, 15) is 26.4 Å². The van der Waals surface area contributed by atoms with Gasteiger partial charge in [0.15, 0.2) is 0 Å². The van der Waals surface area contributed by atoms with E-state index in [0.717, 1.165) is 66.8 Å². The van der Waals surface area contributed by atoms with Gasteiger partial charge < -0.3 is 29.6 Å². The molecule has 8 rings (SSSR count). The summed E-state index contributed by atoms with van der Waals surface area (Å²) in [5, 5.41) is 6.30. The number of esters is 2. The average molecular weight is 935 g/mol. The molecule has 4 heterocycles. The molecular formula is C52H58N2O10S2. The van der Waals surface area contributed by atoms with Crippen molar-refractivity contribution in [2.24, 2.45) is 0 Å². The molecule has 0 fully saturated rings. The Balaban J connectivity index is 0.000000196. The molecule has 0 aromatic heterocycles. The molecule has 2 unspecified atom stereocenters. The molecule has 0 spiro atoms. The minimum absolute atomic E-state index is 0.0514. The molecule has 12 nitrogen and oxygen atoms in total. The lowest BCUT2D eigenvalue weighted by Gasteiger charge is -2.33. The monoisotopic (exact) mass is 934 g/mol. The Hall–Kier alpha value is -6.12.